The monoisotopic (exact) mass is 268 g/mol. The molecule has 0 bridgehead atoms. The zero-order valence-electron chi connectivity index (χ0n) is 6.13. The normalized spacial score (nSPS) is 23.6. The lowest BCUT2D eigenvalue weighted by Gasteiger charge is -2.05. The number of carbonyl (C=O) groups is 1. The molecule has 0 aromatic carbocycles. The van der Waals surface area contributed by atoms with E-state index >= 15 is 0 Å². The van der Waals surface area contributed by atoms with E-state index in [2.05, 4.69) is 22.6 Å². The zero-order valence-corrected chi connectivity index (χ0v) is 8.29. The van der Waals surface area contributed by atoms with Gasteiger partial charge in [-0.25, -0.2) is 4.79 Å². The van der Waals surface area contributed by atoms with Crippen LogP contribution in [0.15, 0.2) is 11.3 Å². The van der Waals surface area contributed by atoms with Crippen molar-refractivity contribution in [1.29, 1.82) is 0 Å². The van der Waals surface area contributed by atoms with Gasteiger partial charge in [0.25, 0.3) is 0 Å². The van der Waals surface area contributed by atoms with E-state index in [9.17, 15) is 4.79 Å². The smallest absolute Gasteiger partial charge is 0.335 e. The fraction of sp³-hybridized carbons (Fsp3) is 0.571. The zero-order chi connectivity index (χ0) is 8.43. The van der Waals surface area contributed by atoms with E-state index in [4.69, 9.17) is 9.84 Å². The lowest BCUT2D eigenvalue weighted by Crippen LogP contribution is -2.08. The van der Waals surface area contributed by atoms with Crippen molar-refractivity contribution in [1.82, 2.24) is 0 Å². The van der Waals surface area contributed by atoms with Gasteiger partial charge in [0.05, 0.1) is 5.57 Å². The predicted octanol–water partition coefficient (Wildman–Crippen LogP) is 1.57. The second-order valence-electron chi connectivity index (χ2n) is 2.44. The minimum atomic E-state index is -0.852. The fourth-order valence-corrected chi connectivity index (χ4v) is 1.55. The van der Waals surface area contributed by atoms with Crippen LogP contribution in [0.25, 0.3) is 0 Å². The number of hydrogen-bond acceptors (Lipinski definition) is 2. The Kier molecular flexibility index (Phi) is 2.75. The first kappa shape index (κ1) is 8.83. The first-order valence-corrected chi connectivity index (χ1v) is 4.83. The number of carboxylic acid groups (broad SMARTS) is 1. The van der Waals surface area contributed by atoms with Gasteiger partial charge in [0.1, 0.15) is 11.9 Å². The Bertz CT molecular complexity index is 210. The van der Waals surface area contributed by atoms with Crippen LogP contribution in [-0.4, -0.2) is 21.6 Å². The largest absolute Gasteiger partial charge is 0.493 e. The maximum atomic E-state index is 10.5. The van der Waals surface area contributed by atoms with Crippen LogP contribution in [0.4, 0.5) is 0 Å². The van der Waals surface area contributed by atoms with Crippen LogP contribution in [-0.2, 0) is 9.53 Å². The summed E-state index contributed by atoms with van der Waals surface area (Å²) in [6.45, 7) is 1.70. The molecule has 0 fully saturated rings. The number of halogens is 1. The van der Waals surface area contributed by atoms with E-state index in [1.807, 2.05) is 0 Å². The van der Waals surface area contributed by atoms with Crippen molar-refractivity contribution in [3.8, 4) is 0 Å². The third-order valence-electron chi connectivity index (χ3n) is 1.63. The highest BCUT2D eigenvalue weighted by molar-refractivity contribution is 14.1. The van der Waals surface area contributed by atoms with Gasteiger partial charge in [-0.15, -0.1) is 0 Å². The highest BCUT2D eigenvalue weighted by atomic mass is 127. The second-order valence-corrected chi connectivity index (χ2v) is 3.32. The summed E-state index contributed by atoms with van der Waals surface area (Å²) in [6, 6.07) is 0. The molecule has 1 unspecified atom stereocenters. The van der Waals surface area contributed by atoms with Crippen LogP contribution in [0.5, 0.6) is 0 Å². The van der Waals surface area contributed by atoms with Crippen LogP contribution in [0.3, 0.4) is 0 Å². The fourth-order valence-electron chi connectivity index (χ4n) is 1.06. The molecule has 1 atom stereocenters. The van der Waals surface area contributed by atoms with Gasteiger partial charge >= 0.3 is 5.97 Å². The van der Waals surface area contributed by atoms with E-state index in [1.54, 1.807) is 6.92 Å². The summed E-state index contributed by atoms with van der Waals surface area (Å²) in [6.07, 6.45) is 0.617. The van der Waals surface area contributed by atoms with Crippen molar-refractivity contribution in [3.05, 3.63) is 11.3 Å². The predicted molar refractivity (Wildman–Crippen MR) is 48.7 cm³/mol. The highest BCUT2D eigenvalue weighted by Gasteiger charge is 2.26. The summed E-state index contributed by atoms with van der Waals surface area (Å²) in [4.78, 5) is 10.5. The van der Waals surface area contributed by atoms with Crippen LogP contribution < -0.4 is 0 Å². The second kappa shape index (κ2) is 3.42. The molecule has 1 N–H and O–H groups in total. The molecule has 1 aliphatic rings. The number of alkyl halides is 1. The van der Waals surface area contributed by atoms with E-state index in [0.29, 0.717) is 17.8 Å². The van der Waals surface area contributed by atoms with Crippen LogP contribution >= 0.6 is 22.6 Å². The molecule has 3 nitrogen and oxygen atoms in total. The summed E-state index contributed by atoms with van der Waals surface area (Å²) >= 11 is 2.19. The highest BCUT2D eigenvalue weighted by Crippen LogP contribution is 2.25. The minimum absolute atomic E-state index is 0.0710. The van der Waals surface area contributed by atoms with Gasteiger partial charge in [-0.3, -0.25) is 0 Å². The Labute approximate surface area is 78.6 Å². The van der Waals surface area contributed by atoms with E-state index in [0.717, 1.165) is 4.43 Å². The average Bonchev–Trinajstić information content (AvgIpc) is 2.30. The van der Waals surface area contributed by atoms with Crippen molar-refractivity contribution in [3.63, 3.8) is 0 Å². The van der Waals surface area contributed by atoms with Gasteiger partial charge in [0, 0.05) is 10.8 Å². The first-order chi connectivity index (χ1) is 5.15. The molecular weight excluding hydrogens is 259 g/mol. The topological polar surface area (TPSA) is 46.5 Å². The van der Waals surface area contributed by atoms with E-state index in [-0.39, 0.29) is 6.10 Å². The maximum absolute atomic E-state index is 10.5. The number of rotatable bonds is 2. The van der Waals surface area contributed by atoms with Gasteiger partial charge in [0.2, 0.25) is 0 Å². The molecule has 1 heterocycles. The van der Waals surface area contributed by atoms with Gasteiger partial charge in [-0.1, -0.05) is 22.6 Å². The third-order valence-corrected chi connectivity index (χ3v) is 2.61. The summed E-state index contributed by atoms with van der Waals surface area (Å²) in [5.41, 5.74) is 0.423. The van der Waals surface area contributed by atoms with E-state index < -0.39 is 5.97 Å². The SMILES string of the molecule is CC1=C(C(=O)O)CC(CI)O1. The summed E-state index contributed by atoms with van der Waals surface area (Å²) in [5.74, 6) is -0.283. The Balaban J connectivity index is 2.67. The molecule has 0 spiro atoms. The molecule has 1 aliphatic heterocycles. The molecule has 0 aromatic heterocycles. The Hall–Kier alpha value is -0.260. The molecule has 0 aliphatic carbocycles. The summed E-state index contributed by atoms with van der Waals surface area (Å²) < 4.78 is 6.11. The molecular formula is C7H9IO3. The van der Waals surface area contributed by atoms with E-state index in [1.165, 1.54) is 0 Å². The third kappa shape index (κ3) is 1.85. The van der Waals surface area contributed by atoms with Gasteiger partial charge in [-0.05, 0) is 6.92 Å². The van der Waals surface area contributed by atoms with Crippen LogP contribution in [0.2, 0.25) is 0 Å². The molecule has 0 saturated carbocycles. The molecule has 0 radical (unpaired) electrons. The maximum Gasteiger partial charge on any atom is 0.335 e. The van der Waals surface area contributed by atoms with Crippen LogP contribution in [0.1, 0.15) is 13.3 Å². The number of allylic oxidation sites excluding steroid dienone is 1. The molecule has 0 amide bonds. The first-order valence-electron chi connectivity index (χ1n) is 3.30. The lowest BCUT2D eigenvalue weighted by atomic mass is 10.1. The molecule has 4 heteroatoms. The number of carboxylic acids is 1. The Morgan fingerprint density at radius 3 is 2.82 bits per heavy atom. The standard InChI is InChI=1S/C7H9IO3/c1-4-6(7(9)10)2-5(3-8)11-4/h5H,2-3H2,1H3,(H,9,10). The molecule has 0 saturated heterocycles. The Morgan fingerprint density at radius 1 is 1.91 bits per heavy atom. The molecule has 62 valence electrons. The summed E-state index contributed by atoms with van der Waals surface area (Å²) in [7, 11) is 0. The van der Waals surface area contributed by atoms with Gasteiger partial charge in [-0.2, -0.15) is 0 Å². The van der Waals surface area contributed by atoms with Crippen molar-refractivity contribution < 1.29 is 14.6 Å². The number of ether oxygens (including phenoxy) is 1. The van der Waals surface area contributed by atoms with Crippen molar-refractivity contribution in [2.75, 3.05) is 4.43 Å². The number of aliphatic carboxylic acids is 1. The molecule has 0 aromatic rings. The number of hydrogen-bond donors (Lipinski definition) is 1. The minimum Gasteiger partial charge on any atom is -0.493 e. The van der Waals surface area contributed by atoms with Crippen molar-refractivity contribution in [2.24, 2.45) is 0 Å². The quantitative estimate of drug-likeness (QED) is 0.610. The van der Waals surface area contributed by atoms with Crippen molar-refractivity contribution in [2.45, 2.75) is 19.4 Å². The Morgan fingerprint density at radius 2 is 2.55 bits per heavy atom. The van der Waals surface area contributed by atoms with Gasteiger partial charge in [0.15, 0.2) is 0 Å². The summed E-state index contributed by atoms with van der Waals surface area (Å²) in [5, 5.41) is 8.66. The van der Waals surface area contributed by atoms with Crippen LogP contribution in [0, 0.1) is 0 Å². The lowest BCUT2D eigenvalue weighted by molar-refractivity contribution is -0.132. The van der Waals surface area contributed by atoms with Crippen molar-refractivity contribution >= 4 is 28.6 Å². The van der Waals surface area contributed by atoms with Gasteiger partial charge < -0.3 is 9.84 Å². The average molecular weight is 268 g/mol. The molecule has 11 heavy (non-hydrogen) atoms. The molecule has 1 rings (SSSR count).